The predicted molar refractivity (Wildman–Crippen MR) is 101 cm³/mol. The number of carbonyl (C=O) groups is 1. The Balaban J connectivity index is 1.51. The summed E-state index contributed by atoms with van der Waals surface area (Å²) in [6.45, 7) is 1.84. The van der Waals surface area contributed by atoms with Gasteiger partial charge in [0.25, 0.3) is 0 Å². The van der Waals surface area contributed by atoms with Gasteiger partial charge >= 0.3 is 6.18 Å². The van der Waals surface area contributed by atoms with Crippen LogP contribution in [0.5, 0.6) is 5.75 Å². The predicted octanol–water partition coefficient (Wildman–Crippen LogP) is 5.26. The molecule has 158 valence electrons. The van der Waals surface area contributed by atoms with Crippen LogP contribution in [0.2, 0.25) is 0 Å². The molecule has 4 rings (SSSR count). The molecule has 1 fully saturated rings. The van der Waals surface area contributed by atoms with E-state index in [4.69, 9.17) is 14.9 Å². The maximum Gasteiger partial charge on any atom is 0.416 e. The maximum absolute atomic E-state index is 13.4. The summed E-state index contributed by atoms with van der Waals surface area (Å²) in [5.41, 5.74) is 4.44. The van der Waals surface area contributed by atoms with Crippen LogP contribution in [0.3, 0.4) is 0 Å². The van der Waals surface area contributed by atoms with E-state index < -0.39 is 34.8 Å². The molecule has 1 aliphatic rings. The van der Waals surface area contributed by atoms with Crippen LogP contribution in [0.15, 0.2) is 52.9 Å². The molecule has 0 saturated heterocycles. The quantitative estimate of drug-likeness (QED) is 0.552. The smallest absolute Gasteiger partial charge is 0.416 e. The van der Waals surface area contributed by atoms with E-state index >= 15 is 0 Å². The monoisotopic (exact) mass is 421 g/mol. The minimum atomic E-state index is -4.47. The topological polar surface area (TPSA) is 65.5 Å². The Kier molecular flexibility index (Phi) is 4.75. The molecule has 30 heavy (non-hydrogen) atoms. The van der Waals surface area contributed by atoms with Crippen molar-refractivity contribution in [3.05, 3.63) is 65.7 Å². The van der Waals surface area contributed by atoms with Crippen molar-refractivity contribution in [3.63, 3.8) is 0 Å². The molecule has 1 aromatic heterocycles. The summed E-state index contributed by atoms with van der Waals surface area (Å²) in [6, 6.07) is 10.4. The lowest BCUT2D eigenvalue weighted by Gasteiger charge is -2.20. The highest BCUT2D eigenvalue weighted by molar-refractivity contribution is 5.86. The van der Waals surface area contributed by atoms with Gasteiger partial charge in [0.15, 0.2) is 0 Å². The molecule has 0 aliphatic heterocycles. The molecule has 3 atom stereocenters. The maximum atomic E-state index is 13.4. The van der Waals surface area contributed by atoms with E-state index in [1.54, 1.807) is 13.0 Å². The van der Waals surface area contributed by atoms with Gasteiger partial charge in [-0.15, -0.1) is 0 Å². The molecule has 2 unspecified atom stereocenters. The van der Waals surface area contributed by atoms with Gasteiger partial charge in [0.2, 0.25) is 5.91 Å². The SMILES string of the molecule is C[C@@H](c1cc2cc(F)ccc2o1)C1(C(N)=O)CC1COc1cccc(C(F)(F)F)c1. The highest BCUT2D eigenvalue weighted by atomic mass is 19.4. The van der Waals surface area contributed by atoms with Crippen molar-refractivity contribution < 1.29 is 31.5 Å². The number of fused-ring (bicyclic) bond motifs is 1. The number of furan rings is 1. The summed E-state index contributed by atoms with van der Waals surface area (Å²) in [6.07, 6.45) is -4.04. The molecule has 2 N–H and O–H groups in total. The van der Waals surface area contributed by atoms with Crippen LogP contribution >= 0.6 is 0 Å². The van der Waals surface area contributed by atoms with Crippen molar-refractivity contribution in [3.8, 4) is 5.75 Å². The first kappa shape index (κ1) is 20.3. The van der Waals surface area contributed by atoms with Crippen molar-refractivity contribution in [1.82, 2.24) is 0 Å². The first-order valence-corrected chi connectivity index (χ1v) is 9.40. The third-order valence-electron chi connectivity index (χ3n) is 5.92. The van der Waals surface area contributed by atoms with Crippen LogP contribution in [-0.4, -0.2) is 12.5 Å². The average molecular weight is 421 g/mol. The number of amides is 1. The largest absolute Gasteiger partial charge is 0.493 e. The van der Waals surface area contributed by atoms with Crippen LogP contribution < -0.4 is 10.5 Å². The van der Waals surface area contributed by atoms with Gasteiger partial charge in [0.05, 0.1) is 17.6 Å². The number of hydrogen-bond donors (Lipinski definition) is 1. The van der Waals surface area contributed by atoms with Gasteiger partial charge in [-0.05, 0) is 48.9 Å². The molecule has 1 saturated carbocycles. The van der Waals surface area contributed by atoms with Crippen LogP contribution in [0.4, 0.5) is 17.6 Å². The molecule has 0 radical (unpaired) electrons. The summed E-state index contributed by atoms with van der Waals surface area (Å²) < 4.78 is 63.4. The number of nitrogens with two attached hydrogens (primary N) is 1. The van der Waals surface area contributed by atoms with E-state index in [2.05, 4.69) is 0 Å². The fourth-order valence-corrected chi connectivity index (χ4v) is 4.06. The second-order valence-electron chi connectivity index (χ2n) is 7.69. The van der Waals surface area contributed by atoms with Crippen LogP contribution in [0.25, 0.3) is 11.0 Å². The number of hydrogen-bond acceptors (Lipinski definition) is 3. The van der Waals surface area contributed by atoms with Gasteiger partial charge in [-0.25, -0.2) is 4.39 Å². The first-order chi connectivity index (χ1) is 14.1. The summed E-state index contributed by atoms with van der Waals surface area (Å²) in [5, 5.41) is 0.578. The van der Waals surface area contributed by atoms with Crippen molar-refractivity contribution in [2.24, 2.45) is 17.1 Å². The summed E-state index contributed by atoms with van der Waals surface area (Å²) >= 11 is 0. The number of primary amides is 1. The third kappa shape index (κ3) is 3.51. The van der Waals surface area contributed by atoms with Gasteiger partial charge in [-0.2, -0.15) is 13.2 Å². The van der Waals surface area contributed by atoms with Gasteiger partial charge in [-0.3, -0.25) is 4.79 Å². The van der Waals surface area contributed by atoms with Crippen LogP contribution in [0, 0.1) is 17.2 Å². The molecule has 2 aromatic carbocycles. The summed E-state index contributed by atoms with van der Waals surface area (Å²) in [5.74, 6) is -1.03. The number of alkyl halides is 3. The van der Waals surface area contributed by atoms with E-state index in [0.29, 0.717) is 23.2 Å². The molecule has 0 spiro atoms. The minimum Gasteiger partial charge on any atom is -0.493 e. The number of rotatable bonds is 6. The van der Waals surface area contributed by atoms with Crippen LogP contribution in [0.1, 0.15) is 30.6 Å². The molecule has 1 heterocycles. The van der Waals surface area contributed by atoms with Crippen molar-refractivity contribution in [1.29, 1.82) is 0 Å². The molecule has 4 nitrogen and oxygen atoms in total. The highest BCUT2D eigenvalue weighted by Crippen LogP contribution is 2.61. The summed E-state index contributed by atoms with van der Waals surface area (Å²) in [7, 11) is 0. The van der Waals surface area contributed by atoms with Gasteiger partial charge in [-0.1, -0.05) is 13.0 Å². The van der Waals surface area contributed by atoms with Gasteiger partial charge < -0.3 is 14.9 Å². The standard InChI is InChI=1S/C22H19F4NO3/c1-12(19-8-13-7-16(23)5-6-18(13)30-19)21(20(27)28)10-15(21)11-29-17-4-2-3-14(9-17)22(24,25)26/h2-9,12,15H,10-11H2,1H3,(H2,27,28)/t12-,15?,21?/m0/s1. The average Bonchev–Trinajstić information content (AvgIpc) is 3.28. The zero-order chi connectivity index (χ0) is 21.7. The third-order valence-corrected chi connectivity index (χ3v) is 5.92. The van der Waals surface area contributed by atoms with E-state index in [-0.39, 0.29) is 18.3 Å². The minimum absolute atomic E-state index is 0.0451. The molecular formula is C22H19F4NO3. The fourth-order valence-electron chi connectivity index (χ4n) is 4.06. The lowest BCUT2D eigenvalue weighted by molar-refractivity contribution is -0.137. The molecule has 8 heteroatoms. The van der Waals surface area contributed by atoms with E-state index in [1.807, 2.05) is 0 Å². The van der Waals surface area contributed by atoms with Crippen molar-refractivity contribution in [2.45, 2.75) is 25.4 Å². The van der Waals surface area contributed by atoms with Gasteiger partial charge in [0, 0.05) is 17.2 Å². The highest BCUT2D eigenvalue weighted by Gasteiger charge is 2.63. The lowest BCUT2D eigenvalue weighted by Crippen LogP contribution is -2.32. The van der Waals surface area contributed by atoms with Crippen molar-refractivity contribution in [2.75, 3.05) is 6.61 Å². The Morgan fingerprint density at radius 3 is 2.73 bits per heavy atom. The van der Waals surface area contributed by atoms with E-state index in [9.17, 15) is 22.4 Å². The number of carbonyl (C=O) groups excluding carboxylic acids is 1. The second-order valence-corrected chi connectivity index (χ2v) is 7.69. The van der Waals surface area contributed by atoms with E-state index in [0.717, 1.165) is 12.1 Å². The van der Waals surface area contributed by atoms with Crippen LogP contribution in [-0.2, 0) is 11.0 Å². The molecule has 3 aromatic rings. The van der Waals surface area contributed by atoms with Gasteiger partial charge in [0.1, 0.15) is 22.9 Å². The lowest BCUT2D eigenvalue weighted by atomic mass is 9.85. The zero-order valence-electron chi connectivity index (χ0n) is 16.0. The number of halogens is 4. The Morgan fingerprint density at radius 1 is 1.27 bits per heavy atom. The zero-order valence-corrected chi connectivity index (χ0v) is 16.0. The second kappa shape index (κ2) is 7.04. The molecule has 1 amide bonds. The Labute approximate surface area is 169 Å². The Hall–Kier alpha value is -3.03. The first-order valence-electron chi connectivity index (χ1n) is 9.40. The molecule has 1 aliphatic carbocycles. The molecular weight excluding hydrogens is 402 g/mol. The number of benzene rings is 2. The van der Waals surface area contributed by atoms with Crippen molar-refractivity contribution >= 4 is 16.9 Å². The Morgan fingerprint density at radius 2 is 2.03 bits per heavy atom. The Bertz CT molecular complexity index is 1110. The van der Waals surface area contributed by atoms with E-state index in [1.165, 1.54) is 30.3 Å². The number of ether oxygens (including phenoxy) is 1. The summed E-state index contributed by atoms with van der Waals surface area (Å²) in [4.78, 5) is 12.3. The normalized spacial score (nSPS) is 22.1. The fraction of sp³-hybridized carbons (Fsp3) is 0.318. The molecule has 0 bridgehead atoms.